The lowest BCUT2D eigenvalue weighted by Gasteiger charge is -2.24. The average Bonchev–Trinajstić information content (AvgIpc) is 2.35. The van der Waals surface area contributed by atoms with Crippen LogP contribution in [-0.4, -0.2) is 10.2 Å². The summed E-state index contributed by atoms with van der Waals surface area (Å²) in [6, 6.07) is 6.81. The number of phenols is 2. The van der Waals surface area contributed by atoms with Crippen molar-refractivity contribution in [1.29, 1.82) is 0 Å². The molecule has 0 unspecified atom stereocenters. The van der Waals surface area contributed by atoms with Crippen molar-refractivity contribution in [1.82, 2.24) is 0 Å². The number of aromatic hydroxyl groups is 2. The summed E-state index contributed by atoms with van der Waals surface area (Å²) in [5.41, 5.74) is 4.36. The van der Waals surface area contributed by atoms with Crippen LogP contribution in [0.25, 0.3) is 0 Å². The average molecular weight is 256 g/mol. The topological polar surface area (TPSA) is 49.7 Å². The quantitative estimate of drug-likeness (QED) is 0.698. The second-order valence-corrected chi connectivity index (χ2v) is 4.95. The van der Waals surface area contributed by atoms with Gasteiger partial charge in [0.2, 0.25) is 0 Å². The molecule has 0 atom stereocenters. The van der Waals surface area contributed by atoms with E-state index in [2.05, 4.69) is 6.92 Å². The normalized spacial score (nSPS) is 12.5. The summed E-state index contributed by atoms with van der Waals surface area (Å²) in [6.07, 6.45) is 1.63. The van der Waals surface area contributed by atoms with Crippen LogP contribution in [0, 0.1) is 6.92 Å². The van der Waals surface area contributed by atoms with Crippen molar-refractivity contribution in [3.8, 4) is 23.0 Å². The van der Waals surface area contributed by atoms with Gasteiger partial charge in [-0.15, -0.1) is 0 Å². The molecule has 98 valence electrons. The molecule has 0 aromatic heterocycles. The van der Waals surface area contributed by atoms with Crippen molar-refractivity contribution in [3.63, 3.8) is 0 Å². The van der Waals surface area contributed by atoms with E-state index in [1.54, 1.807) is 24.3 Å². The molecule has 0 radical (unpaired) electrons. The Bertz CT molecular complexity index is 660. The van der Waals surface area contributed by atoms with E-state index in [-0.39, 0.29) is 11.5 Å². The highest BCUT2D eigenvalue weighted by atomic mass is 16.5. The number of rotatable bonds is 1. The molecule has 0 spiro atoms. The number of phenolic OH excluding ortho intramolecular Hbond substituents is 2. The Morgan fingerprint density at radius 2 is 1.63 bits per heavy atom. The summed E-state index contributed by atoms with van der Waals surface area (Å²) < 4.78 is 5.84. The fourth-order valence-electron chi connectivity index (χ4n) is 2.67. The lowest BCUT2D eigenvalue weighted by molar-refractivity contribution is 0.431. The van der Waals surface area contributed by atoms with Gasteiger partial charge in [-0.25, -0.2) is 0 Å². The number of aryl methyl sites for hydroxylation is 2. The minimum Gasteiger partial charge on any atom is -0.508 e. The van der Waals surface area contributed by atoms with Crippen LogP contribution in [0.2, 0.25) is 0 Å². The Balaban J connectivity index is 2.16. The first-order chi connectivity index (χ1) is 9.08. The van der Waals surface area contributed by atoms with Crippen LogP contribution in [0.3, 0.4) is 0 Å². The third-order valence-electron chi connectivity index (χ3n) is 3.66. The molecule has 1 aliphatic heterocycles. The Hall–Kier alpha value is -2.16. The van der Waals surface area contributed by atoms with Crippen LogP contribution in [-0.2, 0) is 12.8 Å². The molecule has 3 nitrogen and oxygen atoms in total. The van der Waals surface area contributed by atoms with Gasteiger partial charge >= 0.3 is 0 Å². The smallest absolute Gasteiger partial charge is 0.134 e. The van der Waals surface area contributed by atoms with Gasteiger partial charge in [0, 0.05) is 29.7 Å². The fraction of sp³-hybridized carbons (Fsp3) is 0.250. The molecule has 1 heterocycles. The predicted octanol–water partition coefficient (Wildman–Crippen LogP) is 3.67. The van der Waals surface area contributed by atoms with Crippen molar-refractivity contribution >= 4 is 0 Å². The summed E-state index contributed by atoms with van der Waals surface area (Å²) >= 11 is 0. The number of benzene rings is 2. The molecule has 0 bridgehead atoms. The third kappa shape index (κ3) is 1.91. The van der Waals surface area contributed by atoms with Crippen LogP contribution < -0.4 is 4.74 Å². The molecule has 0 aliphatic carbocycles. The first-order valence-electron chi connectivity index (χ1n) is 6.43. The molecule has 1 aliphatic rings. The van der Waals surface area contributed by atoms with E-state index in [1.807, 2.05) is 6.92 Å². The largest absolute Gasteiger partial charge is 0.508 e. The van der Waals surface area contributed by atoms with E-state index in [0.717, 1.165) is 35.1 Å². The molecule has 2 N–H and O–H groups in total. The lowest BCUT2D eigenvalue weighted by Crippen LogP contribution is -2.07. The molecule has 0 saturated heterocycles. The van der Waals surface area contributed by atoms with E-state index >= 15 is 0 Å². The van der Waals surface area contributed by atoms with Crippen molar-refractivity contribution in [2.24, 2.45) is 0 Å². The molecular formula is C16H16O3. The van der Waals surface area contributed by atoms with Crippen LogP contribution in [0.5, 0.6) is 23.0 Å². The van der Waals surface area contributed by atoms with Gasteiger partial charge in [0.25, 0.3) is 0 Å². The highest BCUT2D eigenvalue weighted by Gasteiger charge is 2.22. The van der Waals surface area contributed by atoms with E-state index in [9.17, 15) is 10.2 Å². The maximum Gasteiger partial charge on any atom is 0.134 e. The number of hydrogen-bond donors (Lipinski definition) is 2. The molecule has 3 rings (SSSR count). The molecule has 0 saturated carbocycles. The van der Waals surface area contributed by atoms with Gasteiger partial charge < -0.3 is 14.9 Å². The Labute approximate surface area is 112 Å². The SMILES string of the molecule is CCc1cc(O)cc2c1Cc1c(C)cc(O)cc1O2. The van der Waals surface area contributed by atoms with Gasteiger partial charge in [-0.05, 0) is 36.6 Å². The summed E-state index contributed by atoms with van der Waals surface area (Å²) in [5, 5.41) is 19.4. The highest BCUT2D eigenvalue weighted by Crippen LogP contribution is 2.42. The maximum absolute atomic E-state index is 9.73. The summed E-state index contributed by atoms with van der Waals surface area (Å²) in [4.78, 5) is 0. The zero-order chi connectivity index (χ0) is 13.6. The van der Waals surface area contributed by atoms with E-state index < -0.39 is 0 Å². The zero-order valence-corrected chi connectivity index (χ0v) is 11.0. The van der Waals surface area contributed by atoms with E-state index in [0.29, 0.717) is 11.5 Å². The molecule has 0 amide bonds. The molecule has 0 fully saturated rings. The summed E-state index contributed by atoms with van der Waals surface area (Å²) in [5.74, 6) is 1.79. The van der Waals surface area contributed by atoms with Gasteiger partial charge in [0.05, 0.1) is 0 Å². The number of hydrogen-bond acceptors (Lipinski definition) is 3. The number of ether oxygens (including phenoxy) is 1. The molecular weight excluding hydrogens is 240 g/mol. The van der Waals surface area contributed by atoms with Crippen molar-refractivity contribution < 1.29 is 14.9 Å². The summed E-state index contributed by atoms with van der Waals surface area (Å²) in [6.45, 7) is 4.03. The molecule has 19 heavy (non-hydrogen) atoms. The monoisotopic (exact) mass is 256 g/mol. The van der Waals surface area contributed by atoms with Gasteiger partial charge in [-0.2, -0.15) is 0 Å². The minimum absolute atomic E-state index is 0.204. The Morgan fingerprint density at radius 3 is 2.32 bits per heavy atom. The number of fused-ring (bicyclic) bond motifs is 2. The third-order valence-corrected chi connectivity index (χ3v) is 3.66. The van der Waals surface area contributed by atoms with Gasteiger partial charge in [0.15, 0.2) is 0 Å². The molecule has 3 heteroatoms. The Kier molecular flexibility index (Phi) is 2.63. The van der Waals surface area contributed by atoms with Gasteiger partial charge in [-0.3, -0.25) is 0 Å². The lowest BCUT2D eigenvalue weighted by atomic mass is 9.92. The zero-order valence-electron chi connectivity index (χ0n) is 11.0. The summed E-state index contributed by atoms with van der Waals surface area (Å²) in [7, 11) is 0. The van der Waals surface area contributed by atoms with Crippen LogP contribution >= 0.6 is 0 Å². The Morgan fingerprint density at radius 1 is 1.00 bits per heavy atom. The van der Waals surface area contributed by atoms with Crippen LogP contribution in [0.15, 0.2) is 24.3 Å². The van der Waals surface area contributed by atoms with Crippen LogP contribution in [0.1, 0.15) is 29.2 Å². The van der Waals surface area contributed by atoms with Gasteiger partial charge in [-0.1, -0.05) is 6.92 Å². The highest BCUT2D eigenvalue weighted by molar-refractivity contribution is 5.58. The second kappa shape index (κ2) is 4.19. The van der Waals surface area contributed by atoms with Crippen molar-refractivity contribution in [3.05, 3.63) is 46.5 Å². The van der Waals surface area contributed by atoms with E-state index in [4.69, 9.17) is 4.74 Å². The minimum atomic E-state index is 0.204. The fourth-order valence-corrected chi connectivity index (χ4v) is 2.67. The van der Waals surface area contributed by atoms with Crippen molar-refractivity contribution in [2.75, 3.05) is 0 Å². The first-order valence-corrected chi connectivity index (χ1v) is 6.43. The predicted molar refractivity (Wildman–Crippen MR) is 73.2 cm³/mol. The van der Waals surface area contributed by atoms with Gasteiger partial charge in [0.1, 0.15) is 23.0 Å². The first kappa shape index (κ1) is 11.9. The standard InChI is InChI=1S/C16H16O3/c1-3-10-5-12(18)7-16-14(10)8-13-9(2)4-11(17)6-15(13)19-16/h4-7,17-18H,3,8H2,1-2H3. The second-order valence-electron chi connectivity index (χ2n) is 4.95. The molecule has 2 aromatic carbocycles. The van der Waals surface area contributed by atoms with Crippen molar-refractivity contribution in [2.45, 2.75) is 26.7 Å². The molecule has 2 aromatic rings. The van der Waals surface area contributed by atoms with Crippen LogP contribution in [0.4, 0.5) is 0 Å². The maximum atomic E-state index is 9.73. The van der Waals surface area contributed by atoms with E-state index in [1.165, 1.54) is 0 Å².